The van der Waals surface area contributed by atoms with Crippen molar-refractivity contribution in [1.29, 1.82) is 10.5 Å². The lowest BCUT2D eigenvalue weighted by molar-refractivity contribution is 0.411. The molecule has 10 nitrogen and oxygen atoms in total. The van der Waals surface area contributed by atoms with E-state index in [1.165, 1.54) is 0 Å². The Kier molecular flexibility index (Phi) is 12.6. The van der Waals surface area contributed by atoms with Gasteiger partial charge in [-0.3, -0.25) is 0 Å². The molecule has 0 spiro atoms. The number of rotatable bonds is 13. The van der Waals surface area contributed by atoms with Gasteiger partial charge in [-0.1, -0.05) is 19.3 Å². The van der Waals surface area contributed by atoms with E-state index in [1.54, 1.807) is 35.4 Å². The minimum absolute atomic E-state index is 0.251. The SMILES string of the molecule is Cc1[nH]cnc1CSCCN(CCCCCCCN(C)C(N)=NC#N)C(N)=NC#N. The molecular formula is C19H32N10S. The lowest BCUT2D eigenvalue weighted by Crippen LogP contribution is -2.39. The number of aromatic amines is 1. The fraction of sp³-hybridized carbons (Fsp3) is 0.632. The normalized spacial score (nSPS) is 11.7. The molecule has 1 heterocycles. The number of hydrogen-bond donors (Lipinski definition) is 3. The van der Waals surface area contributed by atoms with Crippen LogP contribution in [0.3, 0.4) is 0 Å². The van der Waals surface area contributed by atoms with Gasteiger partial charge in [-0.2, -0.15) is 22.3 Å². The second-order valence-corrected chi connectivity index (χ2v) is 7.95. The molecule has 0 unspecified atom stereocenters. The van der Waals surface area contributed by atoms with Crippen LogP contribution in [0.25, 0.3) is 0 Å². The third-order valence-corrected chi connectivity index (χ3v) is 5.59. The number of H-pyrrole nitrogens is 1. The molecular weight excluding hydrogens is 400 g/mol. The largest absolute Gasteiger partial charge is 0.369 e. The summed E-state index contributed by atoms with van der Waals surface area (Å²) in [5, 5.41) is 17.3. The van der Waals surface area contributed by atoms with E-state index in [9.17, 15) is 0 Å². The summed E-state index contributed by atoms with van der Waals surface area (Å²) >= 11 is 1.79. The first-order valence-electron chi connectivity index (χ1n) is 9.96. The molecule has 0 saturated carbocycles. The number of hydrogen-bond acceptors (Lipinski definition) is 6. The molecule has 0 bridgehead atoms. The first-order chi connectivity index (χ1) is 14.5. The van der Waals surface area contributed by atoms with Crippen LogP contribution in [0.2, 0.25) is 0 Å². The van der Waals surface area contributed by atoms with Crippen molar-refractivity contribution in [1.82, 2.24) is 19.8 Å². The van der Waals surface area contributed by atoms with Crippen molar-refractivity contribution >= 4 is 23.7 Å². The van der Waals surface area contributed by atoms with E-state index in [2.05, 4.69) is 20.0 Å². The van der Waals surface area contributed by atoms with Crippen molar-refractivity contribution in [3.8, 4) is 12.4 Å². The molecule has 1 rings (SSSR count). The van der Waals surface area contributed by atoms with Gasteiger partial charge in [0.2, 0.25) is 24.3 Å². The molecule has 0 aliphatic carbocycles. The molecule has 11 heteroatoms. The number of imidazole rings is 1. The summed E-state index contributed by atoms with van der Waals surface area (Å²) in [7, 11) is 1.83. The van der Waals surface area contributed by atoms with Gasteiger partial charge in [0, 0.05) is 43.9 Å². The predicted octanol–water partition coefficient (Wildman–Crippen LogP) is 1.73. The van der Waals surface area contributed by atoms with Crippen LogP contribution in [0, 0.1) is 29.8 Å². The molecule has 164 valence electrons. The van der Waals surface area contributed by atoms with Crippen LogP contribution in [0.15, 0.2) is 16.3 Å². The second kappa shape index (κ2) is 15.0. The van der Waals surface area contributed by atoms with E-state index in [0.717, 1.165) is 74.6 Å². The number of nitrogens with zero attached hydrogens (tertiary/aromatic N) is 7. The molecule has 0 aromatic carbocycles. The second-order valence-electron chi connectivity index (χ2n) is 6.84. The zero-order chi connectivity index (χ0) is 22.2. The Morgan fingerprint density at radius 3 is 2.33 bits per heavy atom. The quantitative estimate of drug-likeness (QED) is 0.184. The number of nitriles is 2. The molecule has 0 amide bonds. The first kappa shape index (κ1) is 25.1. The van der Waals surface area contributed by atoms with Gasteiger partial charge in [0.05, 0.1) is 12.0 Å². The van der Waals surface area contributed by atoms with E-state index in [0.29, 0.717) is 0 Å². The Bertz CT molecular complexity index is 758. The number of guanidine groups is 2. The Balaban J connectivity index is 2.25. The summed E-state index contributed by atoms with van der Waals surface area (Å²) in [5.74, 6) is 2.26. The molecule has 1 aromatic rings. The van der Waals surface area contributed by atoms with Crippen molar-refractivity contribution in [2.45, 2.75) is 44.8 Å². The maximum absolute atomic E-state index is 8.80. The highest BCUT2D eigenvalue weighted by Gasteiger charge is 2.09. The summed E-state index contributed by atoms with van der Waals surface area (Å²) in [5.41, 5.74) is 13.8. The van der Waals surface area contributed by atoms with E-state index in [4.69, 9.17) is 22.0 Å². The van der Waals surface area contributed by atoms with Gasteiger partial charge < -0.3 is 26.3 Å². The van der Waals surface area contributed by atoms with Crippen LogP contribution in [-0.2, 0) is 5.75 Å². The van der Waals surface area contributed by atoms with Crippen LogP contribution in [-0.4, -0.2) is 64.1 Å². The van der Waals surface area contributed by atoms with Crippen LogP contribution in [0.4, 0.5) is 0 Å². The van der Waals surface area contributed by atoms with E-state index in [1.807, 2.05) is 18.9 Å². The number of aromatic nitrogens is 2. The van der Waals surface area contributed by atoms with E-state index >= 15 is 0 Å². The lowest BCUT2D eigenvalue weighted by Gasteiger charge is -2.22. The Morgan fingerprint density at radius 1 is 1.07 bits per heavy atom. The minimum Gasteiger partial charge on any atom is -0.369 e. The van der Waals surface area contributed by atoms with Crippen molar-refractivity contribution < 1.29 is 0 Å². The number of unbranched alkanes of at least 4 members (excludes halogenated alkanes) is 4. The van der Waals surface area contributed by atoms with Gasteiger partial charge >= 0.3 is 0 Å². The van der Waals surface area contributed by atoms with Crippen LogP contribution < -0.4 is 11.5 Å². The minimum atomic E-state index is 0.251. The highest BCUT2D eigenvalue weighted by atomic mass is 32.2. The summed E-state index contributed by atoms with van der Waals surface area (Å²) in [6.07, 6.45) is 10.4. The third-order valence-electron chi connectivity index (χ3n) is 4.64. The maximum Gasteiger partial charge on any atom is 0.209 e. The zero-order valence-electron chi connectivity index (χ0n) is 17.8. The molecule has 0 saturated heterocycles. The van der Waals surface area contributed by atoms with Crippen molar-refractivity contribution in [3.05, 3.63) is 17.7 Å². The van der Waals surface area contributed by atoms with Gasteiger partial charge in [-0.25, -0.2) is 4.98 Å². The lowest BCUT2D eigenvalue weighted by atomic mass is 10.1. The van der Waals surface area contributed by atoms with Crippen molar-refractivity contribution in [2.24, 2.45) is 21.5 Å². The zero-order valence-corrected chi connectivity index (χ0v) is 18.7. The topological polar surface area (TPSA) is 160 Å². The average molecular weight is 433 g/mol. The number of nitrogens with one attached hydrogen (secondary N) is 1. The Hall–Kier alpha value is -2.92. The van der Waals surface area contributed by atoms with Gasteiger partial charge in [0.1, 0.15) is 0 Å². The number of thioether (sulfide) groups is 1. The van der Waals surface area contributed by atoms with Crippen LogP contribution in [0.1, 0.15) is 43.5 Å². The van der Waals surface area contributed by atoms with Gasteiger partial charge in [-0.05, 0) is 19.8 Å². The Labute approximate surface area is 183 Å². The fourth-order valence-electron chi connectivity index (χ4n) is 2.77. The molecule has 0 radical (unpaired) electrons. The highest BCUT2D eigenvalue weighted by Crippen LogP contribution is 2.13. The van der Waals surface area contributed by atoms with Crippen molar-refractivity contribution in [3.63, 3.8) is 0 Å². The predicted molar refractivity (Wildman–Crippen MR) is 121 cm³/mol. The molecule has 5 N–H and O–H groups in total. The third kappa shape index (κ3) is 10.0. The average Bonchev–Trinajstić information content (AvgIpc) is 3.13. The smallest absolute Gasteiger partial charge is 0.209 e. The summed E-state index contributed by atoms with van der Waals surface area (Å²) < 4.78 is 0. The summed E-state index contributed by atoms with van der Waals surface area (Å²) in [6.45, 7) is 4.31. The first-order valence-corrected chi connectivity index (χ1v) is 11.1. The molecule has 0 atom stereocenters. The number of nitrogens with two attached hydrogens (primary N) is 2. The van der Waals surface area contributed by atoms with Crippen LogP contribution >= 0.6 is 11.8 Å². The van der Waals surface area contributed by atoms with E-state index in [-0.39, 0.29) is 11.9 Å². The maximum atomic E-state index is 8.80. The molecule has 0 aliphatic heterocycles. The molecule has 30 heavy (non-hydrogen) atoms. The van der Waals surface area contributed by atoms with Crippen LogP contribution in [0.5, 0.6) is 0 Å². The molecule has 0 fully saturated rings. The number of aryl methyl sites for hydroxylation is 1. The van der Waals surface area contributed by atoms with Gasteiger partial charge in [0.15, 0.2) is 0 Å². The highest BCUT2D eigenvalue weighted by molar-refractivity contribution is 7.98. The molecule has 1 aromatic heterocycles. The monoisotopic (exact) mass is 432 g/mol. The van der Waals surface area contributed by atoms with Gasteiger partial charge in [0.25, 0.3) is 0 Å². The Morgan fingerprint density at radius 2 is 1.70 bits per heavy atom. The summed E-state index contributed by atoms with van der Waals surface area (Å²) in [6, 6.07) is 0. The molecule has 0 aliphatic rings. The number of aliphatic imine (C=N–C) groups is 2. The standard InChI is InChI=1S/C19H32N10S/c1-16-17(27-15-26-16)12-30-11-10-29(19(23)25-14-21)9-7-5-3-4-6-8-28(2)18(22)24-13-20/h15H,3-12H2,1-2H3,(H2,22,24)(H2,23,25)(H,26,27). The fourth-order valence-corrected chi connectivity index (χ4v) is 3.75. The summed E-state index contributed by atoms with van der Waals surface area (Å²) in [4.78, 5) is 18.4. The van der Waals surface area contributed by atoms with E-state index < -0.39 is 0 Å². The van der Waals surface area contributed by atoms with Gasteiger partial charge in [-0.15, -0.1) is 9.98 Å². The van der Waals surface area contributed by atoms with Crippen molar-refractivity contribution in [2.75, 3.05) is 32.4 Å².